The van der Waals surface area contributed by atoms with E-state index in [9.17, 15) is 5.11 Å². The Labute approximate surface area is 158 Å². The van der Waals surface area contributed by atoms with Crippen molar-refractivity contribution in [3.63, 3.8) is 0 Å². The molecular formula is C21H39O2PSi. The maximum absolute atomic E-state index is 11.2. The lowest BCUT2D eigenvalue weighted by Crippen LogP contribution is -2.33. The van der Waals surface area contributed by atoms with Gasteiger partial charge in [0.2, 0.25) is 8.32 Å². The fourth-order valence-electron chi connectivity index (χ4n) is 3.48. The molecule has 1 rings (SSSR count). The van der Waals surface area contributed by atoms with Gasteiger partial charge in [0, 0.05) is 10.9 Å². The van der Waals surface area contributed by atoms with Crippen molar-refractivity contribution in [2.75, 3.05) is 0 Å². The van der Waals surface area contributed by atoms with E-state index in [1.165, 1.54) is 0 Å². The van der Waals surface area contributed by atoms with E-state index in [1.54, 1.807) is 0 Å². The summed E-state index contributed by atoms with van der Waals surface area (Å²) in [7, 11) is -2.32. The molecular weight excluding hydrogens is 343 g/mol. The zero-order valence-electron chi connectivity index (χ0n) is 18.5. The quantitative estimate of drug-likeness (QED) is 0.471. The fraction of sp³-hybridized carbons (Fsp3) is 0.714. The SMILES string of the molecule is CC(C)(C)c1cc(O[Si](C)(C)C)cc(P(C(C)(C)C)C(C)(C)C)c1O. The molecule has 0 aliphatic carbocycles. The third-order valence-corrected chi connectivity index (χ3v) is 8.23. The van der Waals surface area contributed by atoms with Gasteiger partial charge >= 0.3 is 0 Å². The van der Waals surface area contributed by atoms with E-state index >= 15 is 0 Å². The minimum Gasteiger partial charge on any atom is -0.544 e. The Morgan fingerprint density at radius 2 is 1.28 bits per heavy atom. The highest BCUT2D eigenvalue weighted by Gasteiger charge is 2.39. The van der Waals surface area contributed by atoms with Crippen molar-refractivity contribution in [1.29, 1.82) is 0 Å². The molecule has 0 fully saturated rings. The Balaban J connectivity index is 3.75. The molecule has 0 amide bonds. The number of rotatable bonds is 3. The Morgan fingerprint density at radius 3 is 1.60 bits per heavy atom. The van der Waals surface area contributed by atoms with Crippen LogP contribution >= 0.6 is 7.92 Å². The second kappa shape index (κ2) is 6.89. The van der Waals surface area contributed by atoms with E-state index in [0.717, 1.165) is 16.6 Å². The molecule has 0 bridgehead atoms. The van der Waals surface area contributed by atoms with E-state index < -0.39 is 16.2 Å². The molecule has 1 aromatic carbocycles. The zero-order chi connectivity index (χ0) is 20.0. The molecule has 0 saturated heterocycles. The molecule has 0 spiro atoms. The number of benzene rings is 1. The standard InChI is InChI=1S/C21H39O2PSi/c1-19(2,3)16-13-15(23-25(10,11)12)14-17(18(16)22)24(20(4,5)6)21(7,8)9/h13-14,22H,1-12H3. The summed E-state index contributed by atoms with van der Waals surface area (Å²) in [6.45, 7) is 26.8. The minimum absolute atomic E-state index is 0.0952. The van der Waals surface area contributed by atoms with Gasteiger partial charge in [0.15, 0.2) is 0 Å². The van der Waals surface area contributed by atoms with E-state index in [-0.39, 0.29) is 15.7 Å². The van der Waals surface area contributed by atoms with Crippen LogP contribution in [0.4, 0.5) is 0 Å². The van der Waals surface area contributed by atoms with Crippen LogP contribution in [0.2, 0.25) is 19.6 Å². The molecule has 0 unspecified atom stereocenters. The third kappa shape index (κ3) is 6.00. The lowest BCUT2D eigenvalue weighted by Gasteiger charge is -2.42. The fourth-order valence-corrected chi connectivity index (χ4v) is 8.35. The van der Waals surface area contributed by atoms with E-state index in [4.69, 9.17) is 4.43 Å². The van der Waals surface area contributed by atoms with E-state index in [1.807, 2.05) is 0 Å². The van der Waals surface area contributed by atoms with Crippen molar-refractivity contribution in [1.82, 2.24) is 0 Å². The number of aromatic hydroxyl groups is 1. The van der Waals surface area contributed by atoms with Crippen LogP contribution in [-0.2, 0) is 5.41 Å². The lowest BCUT2D eigenvalue weighted by atomic mass is 9.86. The summed E-state index contributed by atoms with van der Waals surface area (Å²) in [6, 6.07) is 4.17. The molecule has 0 aromatic heterocycles. The summed E-state index contributed by atoms with van der Waals surface area (Å²) in [5.74, 6) is 1.38. The van der Waals surface area contributed by atoms with Gasteiger partial charge in [-0.15, -0.1) is 0 Å². The Hall–Kier alpha value is -0.533. The van der Waals surface area contributed by atoms with Gasteiger partial charge in [-0.05, 0) is 47.5 Å². The first-order valence-corrected chi connectivity index (χ1v) is 14.0. The first-order chi connectivity index (χ1) is 10.8. The smallest absolute Gasteiger partial charge is 0.242 e. The molecule has 144 valence electrons. The molecule has 0 aliphatic rings. The molecule has 25 heavy (non-hydrogen) atoms. The van der Waals surface area contributed by atoms with Gasteiger partial charge in [-0.3, -0.25) is 0 Å². The summed E-state index contributed by atoms with van der Waals surface area (Å²) in [5.41, 5.74) is 0.855. The van der Waals surface area contributed by atoms with Crippen molar-refractivity contribution in [3.05, 3.63) is 17.7 Å². The van der Waals surface area contributed by atoms with Crippen molar-refractivity contribution >= 4 is 21.5 Å². The Bertz CT molecular complexity index is 597. The lowest BCUT2D eigenvalue weighted by molar-refractivity contribution is 0.447. The first-order valence-electron chi connectivity index (χ1n) is 9.21. The topological polar surface area (TPSA) is 29.5 Å². The molecule has 1 N–H and O–H groups in total. The molecule has 4 heteroatoms. The molecule has 1 aromatic rings. The number of phenols is 1. The van der Waals surface area contributed by atoms with Crippen LogP contribution in [0.1, 0.15) is 67.9 Å². The summed E-state index contributed by atoms with van der Waals surface area (Å²) < 4.78 is 6.35. The maximum atomic E-state index is 11.2. The van der Waals surface area contributed by atoms with Gasteiger partial charge in [0.25, 0.3) is 0 Å². The van der Waals surface area contributed by atoms with Crippen LogP contribution in [0.5, 0.6) is 11.5 Å². The van der Waals surface area contributed by atoms with Gasteiger partial charge in [0.05, 0.1) is 0 Å². The van der Waals surface area contributed by atoms with Crippen molar-refractivity contribution in [3.8, 4) is 11.5 Å². The predicted molar refractivity (Wildman–Crippen MR) is 117 cm³/mol. The normalized spacial score (nSPS) is 14.1. The maximum Gasteiger partial charge on any atom is 0.242 e. The van der Waals surface area contributed by atoms with Crippen LogP contribution in [0, 0.1) is 0 Å². The molecule has 0 atom stereocenters. The minimum atomic E-state index is -1.72. The summed E-state index contributed by atoms with van der Waals surface area (Å²) >= 11 is 0. The molecule has 0 radical (unpaired) electrons. The highest BCUT2D eigenvalue weighted by Crippen LogP contribution is 2.60. The highest BCUT2D eigenvalue weighted by molar-refractivity contribution is 7.68. The van der Waals surface area contributed by atoms with E-state index in [2.05, 4.69) is 94.1 Å². The number of hydrogen-bond donors (Lipinski definition) is 1. The van der Waals surface area contributed by atoms with Gasteiger partial charge in [0.1, 0.15) is 11.5 Å². The molecule has 0 saturated carbocycles. The van der Waals surface area contributed by atoms with Gasteiger partial charge < -0.3 is 9.53 Å². The molecule has 0 aliphatic heterocycles. The van der Waals surface area contributed by atoms with Crippen LogP contribution < -0.4 is 9.73 Å². The zero-order valence-corrected chi connectivity index (χ0v) is 20.4. The van der Waals surface area contributed by atoms with Crippen LogP contribution in [0.3, 0.4) is 0 Å². The monoisotopic (exact) mass is 382 g/mol. The predicted octanol–water partition coefficient (Wildman–Crippen LogP) is 6.61. The largest absolute Gasteiger partial charge is 0.544 e. The highest BCUT2D eigenvalue weighted by atomic mass is 31.1. The third-order valence-electron chi connectivity index (χ3n) is 3.88. The average molecular weight is 383 g/mol. The van der Waals surface area contributed by atoms with Gasteiger partial charge in [-0.25, -0.2) is 0 Å². The van der Waals surface area contributed by atoms with Gasteiger partial charge in [-0.2, -0.15) is 0 Å². The van der Waals surface area contributed by atoms with Gasteiger partial charge in [-0.1, -0.05) is 70.2 Å². The first kappa shape index (κ1) is 22.5. The van der Waals surface area contributed by atoms with Crippen LogP contribution in [0.25, 0.3) is 0 Å². The molecule has 2 nitrogen and oxygen atoms in total. The Morgan fingerprint density at radius 1 is 0.840 bits per heavy atom. The van der Waals surface area contributed by atoms with Crippen LogP contribution in [0.15, 0.2) is 12.1 Å². The van der Waals surface area contributed by atoms with E-state index in [0.29, 0.717) is 5.75 Å². The number of phenolic OH excluding ortho intramolecular Hbond substituents is 1. The summed E-state index contributed by atoms with van der Waals surface area (Å²) in [4.78, 5) is 0. The van der Waals surface area contributed by atoms with Crippen LogP contribution in [-0.4, -0.2) is 23.7 Å². The second-order valence-corrected chi connectivity index (χ2v) is 19.2. The van der Waals surface area contributed by atoms with Crippen molar-refractivity contribution in [2.24, 2.45) is 0 Å². The summed E-state index contributed by atoms with van der Waals surface area (Å²) in [5, 5.41) is 12.5. The van der Waals surface area contributed by atoms with Crippen molar-refractivity contribution < 1.29 is 9.53 Å². The average Bonchev–Trinajstić information content (AvgIpc) is 2.25. The van der Waals surface area contributed by atoms with Crippen molar-refractivity contribution in [2.45, 2.75) is 97.7 Å². The number of hydrogen-bond acceptors (Lipinski definition) is 2. The Kier molecular flexibility index (Phi) is 6.20. The summed E-state index contributed by atoms with van der Waals surface area (Å²) in [6.07, 6.45) is 0. The second-order valence-electron chi connectivity index (χ2n) is 11.0. The molecule has 0 heterocycles.